The third-order valence-corrected chi connectivity index (χ3v) is 6.86. The Labute approximate surface area is 192 Å². The zero-order valence-electron chi connectivity index (χ0n) is 17.5. The van der Waals surface area contributed by atoms with Gasteiger partial charge in [0.05, 0.1) is 6.04 Å². The first-order valence-corrected chi connectivity index (χ1v) is 11.7. The molecule has 1 aliphatic heterocycles. The maximum Gasteiger partial charge on any atom is 0.319 e. The van der Waals surface area contributed by atoms with E-state index in [1.165, 1.54) is 9.78 Å². The lowest BCUT2D eigenvalue weighted by molar-refractivity contribution is -0.134. The molecule has 1 aliphatic rings. The summed E-state index contributed by atoms with van der Waals surface area (Å²) in [6, 6.07) is 7.04. The summed E-state index contributed by atoms with van der Waals surface area (Å²) in [5.41, 5.74) is 1.95. The summed E-state index contributed by atoms with van der Waals surface area (Å²) in [5, 5.41) is 3.15. The Morgan fingerprint density at radius 1 is 1.20 bits per heavy atom. The minimum Gasteiger partial charge on any atom is -0.331 e. The molecule has 0 saturated carbocycles. The van der Waals surface area contributed by atoms with Crippen LogP contribution in [-0.2, 0) is 11.2 Å². The summed E-state index contributed by atoms with van der Waals surface area (Å²) in [6.07, 6.45) is 2.61. The van der Waals surface area contributed by atoms with E-state index in [0.717, 1.165) is 30.4 Å². The number of fused-ring (bicyclic) bond motifs is 1. The van der Waals surface area contributed by atoms with Crippen molar-refractivity contribution in [1.29, 1.82) is 0 Å². The van der Waals surface area contributed by atoms with E-state index >= 15 is 0 Å². The number of thiophene rings is 1. The molecule has 8 heteroatoms. The minimum atomic E-state index is -0.278. The number of benzene rings is 1. The molecule has 0 bridgehead atoms. The van der Waals surface area contributed by atoms with Crippen LogP contribution >= 0.6 is 34.5 Å². The van der Waals surface area contributed by atoms with Crippen LogP contribution in [0.3, 0.4) is 0 Å². The number of carbonyl (C=O) groups is 2. The Morgan fingerprint density at radius 3 is 2.63 bits per heavy atom. The molecule has 1 unspecified atom stereocenters. The summed E-state index contributed by atoms with van der Waals surface area (Å²) in [5.74, 6) is -0.0748. The van der Waals surface area contributed by atoms with Gasteiger partial charge < -0.3 is 14.7 Å². The fourth-order valence-electron chi connectivity index (χ4n) is 3.77. The Balaban J connectivity index is 1.92. The highest BCUT2D eigenvalue weighted by molar-refractivity contribution is 7.10. The van der Waals surface area contributed by atoms with Crippen LogP contribution in [0.25, 0.3) is 0 Å². The Kier molecular flexibility index (Phi) is 7.66. The monoisotopic (exact) mass is 467 g/mol. The van der Waals surface area contributed by atoms with Gasteiger partial charge in [0, 0.05) is 42.1 Å². The number of nitrogens with zero attached hydrogens (tertiary/aromatic N) is 3. The van der Waals surface area contributed by atoms with E-state index in [9.17, 15) is 9.59 Å². The maximum atomic E-state index is 13.4. The second kappa shape index (κ2) is 10.0. The Bertz CT molecular complexity index is 916. The molecule has 2 heterocycles. The minimum absolute atomic E-state index is 0.0538. The molecule has 0 radical (unpaired) electrons. The molecule has 1 aromatic carbocycles. The first-order chi connectivity index (χ1) is 14.3. The van der Waals surface area contributed by atoms with E-state index in [4.69, 9.17) is 23.2 Å². The van der Waals surface area contributed by atoms with Gasteiger partial charge >= 0.3 is 6.03 Å². The second-order valence-corrected chi connectivity index (χ2v) is 9.50. The molecule has 0 N–H and O–H groups in total. The molecule has 3 rings (SSSR count). The second-order valence-electron chi connectivity index (χ2n) is 7.66. The quantitative estimate of drug-likeness (QED) is 0.577. The van der Waals surface area contributed by atoms with Gasteiger partial charge in [-0.1, -0.05) is 42.6 Å². The predicted molar refractivity (Wildman–Crippen MR) is 124 cm³/mol. The first-order valence-electron chi connectivity index (χ1n) is 10.1. The van der Waals surface area contributed by atoms with Gasteiger partial charge in [-0.05, 0) is 47.5 Å². The highest BCUT2D eigenvalue weighted by atomic mass is 35.5. The van der Waals surface area contributed by atoms with Gasteiger partial charge in [-0.3, -0.25) is 4.79 Å². The predicted octanol–water partition coefficient (Wildman–Crippen LogP) is 5.31. The van der Waals surface area contributed by atoms with E-state index in [1.807, 2.05) is 11.0 Å². The van der Waals surface area contributed by atoms with E-state index in [-0.39, 0.29) is 24.5 Å². The number of hydrogen-bond acceptors (Lipinski definition) is 3. The molecule has 1 aromatic heterocycles. The average molecular weight is 468 g/mol. The van der Waals surface area contributed by atoms with Crippen molar-refractivity contribution in [2.24, 2.45) is 0 Å². The highest BCUT2D eigenvalue weighted by Gasteiger charge is 2.35. The molecule has 1 atom stereocenters. The molecular formula is C22H27Cl2N3O2S. The van der Waals surface area contributed by atoms with Crippen LogP contribution < -0.4 is 0 Å². The van der Waals surface area contributed by atoms with Gasteiger partial charge in [0.2, 0.25) is 5.91 Å². The zero-order valence-corrected chi connectivity index (χ0v) is 19.9. The number of halogens is 2. The van der Waals surface area contributed by atoms with Gasteiger partial charge in [-0.25, -0.2) is 4.79 Å². The van der Waals surface area contributed by atoms with Crippen LogP contribution in [0.2, 0.25) is 10.0 Å². The molecule has 0 aliphatic carbocycles. The van der Waals surface area contributed by atoms with Crippen LogP contribution in [0.4, 0.5) is 4.79 Å². The van der Waals surface area contributed by atoms with Crippen molar-refractivity contribution < 1.29 is 9.59 Å². The smallest absolute Gasteiger partial charge is 0.319 e. The average Bonchev–Trinajstić information content (AvgIpc) is 3.19. The molecular weight excluding hydrogens is 441 g/mol. The summed E-state index contributed by atoms with van der Waals surface area (Å²) >= 11 is 14.3. The van der Waals surface area contributed by atoms with Gasteiger partial charge in [0.15, 0.2) is 0 Å². The standard InChI is InChI=1S/C22H27Cl2N3O2S/c1-4-5-10-26(22(29)25(2)3)14-20(28)27-11-8-19-17(9-12-30-19)21(27)16-7-6-15(23)13-18(16)24/h6-7,9,12-13,21H,4-5,8,10-11,14H2,1-3H3. The SMILES string of the molecule is CCCCN(CC(=O)N1CCc2sccc2C1c1ccc(Cl)cc1Cl)C(=O)N(C)C. The van der Waals surface area contributed by atoms with Crippen LogP contribution in [0.1, 0.15) is 41.8 Å². The number of hydrogen-bond donors (Lipinski definition) is 0. The summed E-state index contributed by atoms with van der Waals surface area (Å²) < 4.78 is 0. The number of carbonyl (C=O) groups excluding carboxylic acids is 2. The first kappa shape index (κ1) is 22.9. The van der Waals surface area contributed by atoms with Crippen molar-refractivity contribution in [1.82, 2.24) is 14.7 Å². The molecule has 3 amide bonds. The zero-order chi connectivity index (χ0) is 21.8. The van der Waals surface area contributed by atoms with Crippen molar-refractivity contribution in [2.75, 3.05) is 33.7 Å². The van der Waals surface area contributed by atoms with Crippen molar-refractivity contribution in [3.63, 3.8) is 0 Å². The Hall–Kier alpha value is -1.76. The van der Waals surface area contributed by atoms with E-state index in [2.05, 4.69) is 18.4 Å². The van der Waals surface area contributed by atoms with Crippen LogP contribution in [-0.4, -0.2) is 60.4 Å². The van der Waals surface area contributed by atoms with E-state index in [0.29, 0.717) is 23.1 Å². The topological polar surface area (TPSA) is 43.9 Å². The number of unbranched alkanes of at least 4 members (excludes halogenated alkanes) is 1. The molecule has 0 spiro atoms. The Morgan fingerprint density at radius 2 is 1.97 bits per heavy atom. The number of urea groups is 1. The van der Waals surface area contributed by atoms with Crippen molar-refractivity contribution in [3.8, 4) is 0 Å². The lowest BCUT2D eigenvalue weighted by Gasteiger charge is -2.38. The number of rotatable bonds is 6. The maximum absolute atomic E-state index is 13.4. The van der Waals surface area contributed by atoms with E-state index in [1.54, 1.807) is 42.5 Å². The summed E-state index contributed by atoms with van der Waals surface area (Å²) in [7, 11) is 3.42. The largest absolute Gasteiger partial charge is 0.331 e. The fourth-order valence-corrected chi connectivity index (χ4v) is 5.19. The van der Waals surface area contributed by atoms with Gasteiger partial charge in [0.1, 0.15) is 6.54 Å². The lowest BCUT2D eigenvalue weighted by atomic mass is 9.93. The lowest BCUT2D eigenvalue weighted by Crippen LogP contribution is -2.49. The third kappa shape index (κ3) is 4.93. The van der Waals surface area contributed by atoms with Gasteiger partial charge in [-0.15, -0.1) is 11.3 Å². The number of amides is 3. The normalized spacial score (nSPS) is 15.6. The highest BCUT2D eigenvalue weighted by Crippen LogP contribution is 2.41. The van der Waals surface area contributed by atoms with Crippen LogP contribution in [0, 0.1) is 0 Å². The molecule has 30 heavy (non-hydrogen) atoms. The van der Waals surface area contributed by atoms with Crippen LogP contribution in [0.5, 0.6) is 0 Å². The van der Waals surface area contributed by atoms with Crippen molar-refractivity contribution in [2.45, 2.75) is 32.2 Å². The molecule has 5 nitrogen and oxygen atoms in total. The molecule has 162 valence electrons. The molecule has 2 aromatic rings. The van der Waals surface area contributed by atoms with Gasteiger partial charge in [0.25, 0.3) is 0 Å². The third-order valence-electron chi connectivity index (χ3n) is 5.30. The summed E-state index contributed by atoms with van der Waals surface area (Å²) in [6.45, 7) is 3.27. The van der Waals surface area contributed by atoms with E-state index < -0.39 is 0 Å². The summed E-state index contributed by atoms with van der Waals surface area (Å²) in [4.78, 5) is 32.3. The van der Waals surface area contributed by atoms with Crippen molar-refractivity contribution in [3.05, 3.63) is 55.7 Å². The van der Waals surface area contributed by atoms with Crippen molar-refractivity contribution >= 4 is 46.5 Å². The molecule has 0 fully saturated rings. The van der Waals surface area contributed by atoms with Crippen LogP contribution in [0.15, 0.2) is 29.6 Å². The van der Waals surface area contributed by atoms with Gasteiger partial charge in [-0.2, -0.15) is 0 Å². The fraction of sp³-hybridized carbons (Fsp3) is 0.455. The molecule has 0 saturated heterocycles.